The summed E-state index contributed by atoms with van der Waals surface area (Å²) in [5.41, 5.74) is 0.729. The van der Waals surface area contributed by atoms with Gasteiger partial charge in [-0.1, -0.05) is 30.0 Å². The van der Waals surface area contributed by atoms with Crippen molar-refractivity contribution in [2.45, 2.75) is 0 Å². The molecule has 2 N–H and O–H groups in total. The van der Waals surface area contributed by atoms with Crippen LogP contribution in [0.25, 0.3) is 6.08 Å². The molecule has 2 aliphatic rings. The maximum Gasteiger partial charge on any atom is 0.339 e. The minimum Gasteiger partial charge on any atom is -0.507 e. The van der Waals surface area contributed by atoms with Crippen molar-refractivity contribution in [3.8, 4) is 17.2 Å². The van der Waals surface area contributed by atoms with Gasteiger partial charge in [-0.05, 0) is 42.0 Å². The van der Waals surface area contributed by atoms with Gasteiger partial charge in [0.25, 0.3) is 5.91 Å². The number of hydrogen-bond donors (Lipinski definition) is 2. The van der Waals surface area contributed by atoms with Crippen LogP contribution in [0.5, 0.6) is 17.2 Å². The Morgan fingerprint density at radius 3 is 2.64 bits per heavy atom. The summed E-state index contributed by atoms with van der Waals surface area (Å²) < 4.78 is 11.3. The number of nitrogens with zero attached hydrogens (tertiary/aromatic N) is 1. The first-order valence-electron chi connectivity index (χ1n) is 8.18. The highest BCUT2D eigenvalue weighted by molar-refractivity contribution is 8.27. The number of rotatable bonds is 3. The van der Waals surface area contributed by atoms with E-state index >= 15 is 0 Å². The van der Waals surface area contributed by atoms with E-state index < -0.39 is 5.97 Å². The highest BCUT2D eigenvalue weighted by Crippen LogP contribution is 2.38. The predicted octanol–water partition coefficient (Wildman–Crippen LogP) is 3.27. The molecule has 9 heteroatoms. The van der Waals surface area contributed by atoms with Gasteiger partial charge < -0.3 is 19.7 Å². The number of carbonyl (C=O) groups is 2. The third-order valence-corrected chi connectivity index (χ3v) is 5.43. The third-order valence-electron chi connectivity index (χ3n) is 4.13. The van der Waals surface area contributed by atoms with E-state index in [0.717, 1.165) is 17.3 Å². The van der Waals surface area contributed by atoms with Gasteiger partial charge in [0.05, 0.1) is 10.6 Å². The smallest absolute Gasteiger partial charge is 0.339 e. The van der Waals surface area contributed by atoms with Crippen LogP contribution < -0.4 is 14.4 Å². The average Bonchev–Trinajstić information content (AvgIpc) is 2.95. The van der Waals surface area contributed by atoms with Gasteiger partial charge in [-0.25, -0.2) is 4.79 Å². The Morgan fingerprint density at radius 2 is 1.89 bits per heavy atom. The van der Waals surface area contributed by atoms with Crippen molar-refractivity contribution in [3.05, 3.63) is 52.4 Å². The number of benzene rings is 2. The quantitative estimate of drug-likeness (QED) is 0.583. The minimum atomic E-state index is -1.29. The van der Waals surface area contributed by atoms with Crippen molar-refractivity contribution < 1.29 is 29.3 Å². The zero-order chi connectivity index (χ0) is 19.8. The highest BCUT2D eigenvalue weighted by atomic mass is 32.2. The molecule has 0 aliphatic carbocycles. The largest absolute Gasteiger partial charge is 0.507 e. The molecule has 0 bridgehead atoms. The molecule has 28 heavy (non-hydrogen) atoms. The van der Waals surface area contributed by atoms with Crippen LogP contribution in [0.3, 0.4) is 0 Å². The predicted molar refractivity (Wildman–Crippen MR) is 108 cm³/mol. The summed E-state index contributed by atoms with van der Waals surface area (Å²) in [5.74, 6) is -0.779. The van der Waals surface area contributed by atoms with Gasteiger partial charge in [-0.3, -0.25) is 9.69 Å². The second kappa shape index (κ2) is 7.17. The summed E-state index contributed by atoms with van der Waals surface area (Å²) >= 11 is 6.42. The van der Waals surface area contributed by atoms with Crippen LogP contribution in [0.4, 0.5) is 5.69 Å². The second-order valence-electron chi connectivity index (χ2n) is 5.93. The standard InChI is InChI=1S/C19H13NO6S2/c21-13-3-2-11(9-12(13)18(23)24)20-17(22)16(28-19(20)27)8-10-1-4-14-15(7-10)26-6-5-25-14/h1-4,7-9,21H,5-6H2,(H,23,24)/b16-8+. The molecular formula is C19H13NO6S2. The lowest BCUT2D eigenvalue weighted by Crippen LogP contribution is -2.27. The summed E-state index contributed by atoms with van der Waals surface area (Å²) in [6, 6.07) is 9.25. The molecule has 1 amide bonds. The maximum absolute atomic E-state index is 12.9. The van der Waals surface area contributed by atoms with Crippen molar-refractivity contribution in [1.82, 2.24) is 0 Å². The lowest BCUT2D eigenvalue weighted by molar-refractivity contribution is -0.113. The Bertz CT molecular complexity index is 1050. The number of carbonyl (C=O) groups excluding carboxylic acids is 1. The number of phenols is 1. The van der Waals surface area contributed by atoms with Crippen LogP contribution in [-0.4, -0.2) is 39.6 Å². The van der Waals surface area contributed by atoms with Gasteiger partial charge in [-0.2, -0.15) is 0 Å². The Labute approximate surface area is 169 Å². The van der Waals surface area contributed by atoms with Gasteiger partial charge in [0.2, 0.25) is 0 Å². The molecule has 0 radical (unpaired) electrons. The fourth-order valence-corrected chi connectivity index (χ4v) is 4.12. The molecule has 4 rings (SSSR count). The molecule has 0 spiro atoms. The zero-order valence-corrected chi connectivity index (χ0v) is 15.9. The van der Waals surface area contributed by atoms with Crippen molar-refractivity contribution in [3.63, 3.8) is 0 Å². The molecule has 1 fully saturated rings. The van der Waals surface area contributed by atoms with E-state index in [0.29, 0.717) is 29.6 Å². The van der Waals surface area contributed by atoms with Crippen LogP contribution in [0.1, 0.15) is 15.9 Å². The first-order chi connectivity index (χ1) is 13.4. The van der Waals surface area contributed by atoms with Gasteiger partial charge in [0, 0.05) is 0 Å². The van der Waals surface area contributed by atoms with E-state index in [1.54, 1.807) is 18.2 Å². The fourth-order valence-electron chi connectivity index (χ4n) is 2.83. The molecule has 2 heterocycles. The SMILES string of the molecule is O=C(O)c1cc(N2C(=O)/C(=C\c3ccc4c(c3)OCCO4)SC2=S)ccc1O. The monoisotopic (exact) mass is 415 g/mol. The Balaban J connectivity index is 1.65. The van der Waals surface area contributed by atoms with E-state index in [2.05, 4.69) is 0 Å². The normalized spacial score (nSPS) is 17.3. The molecule has 1 saturated heterocycles. The summed E-state index contributed by atoms with van der Waals surface area (Å²) in [6.07, 6.45) is 1.69. The number of carboxylic acids is 1. The molecule has 2 aliphatic heterocycles. The van der Waals surface area contributed by atoms with Gasteiger partial charge >= 0.3 is 5.97 Å². The van der Waals surface area contributed by atoms with Crippen LogP contribution in [0, 0.1) is 0 Å². The van der Waals surface area contributed by atoms with Crippen molar-refractivity contribution in [1.29, 1.82) is 0 Å². The van der Waals surface area contributed by atoms with E-state index in [-0.39, 0.29) is 27.2 Å². The number of aromatic hydroxyl groups is 1. The molecule has 2 aromatic rings. The Hall–Kier alpha value is -3.04. The molecular weight excluding hydrogens is 402 g/mol. The van der Waals surface area contributed by atoms with Gasteiger partial charge in [-0.15, -0.1) is 0 Å². The third kappa shape index (κ3) is 3.30. The van der Waals surface area contributed by atoms with E-state index in [1.165, 1.54) is 23.1 Å². The van der Waals surface area contributed by atoms with Crippen LogP contribution in [-0.2, 0) is 4.79 Å². The number of thioether (sulfide) groups is 1. The minimum absolute atomic E-state index is 0.274. The highest BCUT2D eigenvalue weighted by Gasteiger charge is 2.34. The molecule has 142 valence electrons. The summed E-state index contributed by atoms with van der Waals surface area (Å²) in [7, 11) is 0. The lowest BCUT2D eigenvalue weighted by atomic mass is 10.1. The molecule has 0 atom stereocenters. The fraction of sp³-hybridized carbons (Fsp3) is 0.105. The van der Waals surface area contributed by atoms with E-state index in [9.17, 15) is 19.8 Å². The molecule has 0 saturated carbocycles. The second-order valence-corrected chi connectivity index (χ2v) is 7.60. The number of fused-ring (bicyclic) bond motifs is 1. The summed E-state index contributed by atoms with van der Waals surface area (Å²) in [5, 5.41) is 18.8. The van der Waals surface area contributed by atoms with Crippen LogP contribution >= 0.6 is 24.0 Å². The van der Waals surface area contributed by atoms with Crippen molar-refractivity contribution in [2.24, 2.45) is 0 Å². The van der Waals surface area contributed by atoms with Crippen LogP contribution in [0.15, 0.2) is 41.3 Å². The maximum atomic E-state index is 12.9. The summed E-state index contributed by atoms with van der Waals surface area (Å²) in [6.45, 7) is 0.960. The molecule has 0 unspecified atom stereocenters. The topological polar surface area (TPSA) is 96.3 Å². The molecule has 7 nitrogen and oxygen atoms in total. The molecule has 2 aromatic carbocycles. The van der Waals surface area contributed by atoms with Crippen LogP contribution in [0.2, 0.25) is 0 Å². The number of carboxylic acid groups (broad SMARTS) is 1. The average molecular weight is 415 g/mol. The first kappa shape index (κ1) is 18.3. The Morgan fingerprint density at radius 1 is 1.14 bits per heavy atom. The van der Waals surface area contributed by atoms with Crippen molar-refractivity contribution in [2.75, 3.05) is 18.1 Å². The number of anilines is 1. The Kier molecular flexibility index (Phi) is 4.70. The van der Waals surface area contributed by atoms with E-state index in [4.69, 9.17) is 21.7 Å². The first-order valence-corrected chi connectivity index (χ1v) is 9.40. The zero-order valence-electron chi connectivity index (χ0n) is 14.2. The number of aromatic carboxylic acids is 1. The number of thiocarbonyl (C=S) groups is 1. The summed E-state index contributed by atoms with van der Waals surface area (Å²) in [4.78, 5) is 25.7. The number of hydrogen-bond acceptors (Lipinski definition) is 7. The molecule has 0 aromatic heterocycles. The lowest BCUT2D eigenvalue weighted by Gasteiger charge is -2.18. The van der Waals surface area contributed by atoms with Crippen molar-refractivity contribution >= 4 is 51.9 Å². The number of amides is 1. The number of ether oxygens (including phenoxy) is 2. The van der Waals surface area contributed by atoms with Gasteiger partial charge in [0.1, 0.15) is 24.5 Å². The van der Waals surface area contributed by atoms with E-state index in [1.807, 2.05) is 6.07 Å². The van der Waals surface area contributed by atoms with Gasteiger partial charge in [0.15, 0.2) is 15.8 Å².